The highest BCUT2D eigenvalue weighted by atomic mass is 19.4. The van der Waals surface area contributed by atoms with Crippen LogP contribution in [0.25, 0.3) is 0 Å². The predicted molar refractivity (Wildman–Crippen MR) is 69.8 cm³/mol. The van der Waals surface area contributed by atoms with Gasteiger partial charge in [-0.15, -0.1) is 0 Å². The Hall–Kier alpha value is -2.12. The second-order valence-electron chi connectivity index (χ2n) is 5.02. The van der Waals surface area contributed by atoms with Crippen molar-refractivity contribution in [3.05, 3.63) is 35.9 Å². The molecule has 0 bridgehead atoms. The lowest BCUT2D eigenvalue weighted by Crippen LogP contribution is -2.34. The van der Waals surface area contributed by atoms with Gasteiger partial charge in [-0.05, 0) is 25.0 Å². The van der Waals surface area contributed by atoms with Crippen molar-refractivity contribution in [1.29, 1.82) is 0 Å². The van der Waals surface area contributed by atoms with E-state index >= 15 is 0 Å². The van der Waals surface area contributed by atoms with E-state index in [-0.39, 0.29) is 5.92 Å². The molecule has 0 aliphatic carbocycles. The van der Waals surface area contributed by atoms with Gasteiger partial charge >= 0.3 is 6.18 Å². The summed E-state index contributed by atoms with van der Waals surface area (Å²) in [5.74, 6) is 0.727. The molecular formula is C13H14F3N5. The van der Waals surface area contributed by atoms with Crippen LogP contribution in [0.15, 0.2) is 24.5 Å². The third-order valence-corrected chi connectivity index (χ3v) is 3.66. The molecule has 8 heteroatoms. The minimum atomic E-state index is -4.40. The summed E-state index contributed by atoms with van der Waals surface area (Å²) in [4.78, 5) is 10.4. The van der Waals surface area contributed by atoms with Crippen LogP contribution in [0.5, 0.6) is 0 Å². The van der Waals surface area contributed by atoms with E-state index in [1.807, 2.05) is 4.90 Å². The predicted octanol–water partition coefficient (Wildman–Crippen LogP) is 2.60. The summed E-state index contributed by atoms with van der Waals surface area (Å²) in [7, 11) is 0. The van der Waals surface area contributed by atoms with Crippen LogP contribution < -0.4 is 4.90 Å². The van der Waals surface area contributed by atoms with Crippen LogP contribution in [-0.2, 0) is 6.18 Å². The summed E-state index contributed by atoms with van der Waals surface area (Å²) in [5, 5.41) is 5.87. The summed E-state index contributed by atoms with van der Waals surface area (Å²) in [6, 6.07) is 2.86. The van der Waals surface area contributed by atoms with E-state index in [4.69, 9.17) is 0 Å². The molecule has 0 saturated carbocycles. The Kier molecular flexibility index (Phi) is 3.52. The van der Waals surface area contributed by atoms with Gasteiger partial charge in [-0.1, -0.05) is 0 Å². The van der Waals surface area contributed by atoms with E-state index in [1.165, 1.54) is 0 Å². The summed E-state index contributed by atoms with van der Waals surface area (Å²) in [6.07, 6.45) is 0.459. The number of piperidine rings is 1. The van der Waals surface area contributed by atoms with E-state index in [1.54, 1.807) is 18.5 Å². The molecule has 3 rings (SSSR count). The minimum absolute atomic E-state index is 0.0635. The number of nitrogens with zero attached hydrogens (tertiary/aromatic N) is 4. The fourth-order valence-corrected chi connectivity index (χ4v) is 2.54. The maximum atomic E-state index is 12.5. The molecule has 1 aliphatic heterocycles. The second kappa shape index (κ2) is 5.34. The summed E-state index contributed by atoms with van der Waals surface area (Å²) >= 11 is 0. The van der Waals surface area contributed by atoms with Gasteiger partial charge in [-0.2, -0.15) is 18.3 Å². The van der Waals surface area contributed by atoms with Gasteiger partial charge in [0.15, 0.2) is 5.69 Å². The van der Waals surface area contributed by atoms with Gasteiger partial charge in [0, 0.05) is 37.1 Å². The summed E-state index contributed by atoms with van der Waals surface area (Å²) in [6.45, 7) is 1.43. The Morgan fingerprint density at radius 1 is 1.14 bits per heavy atom. The van der Waals surface area contributed by atoms with Crippen LogP contribution >= 0.6 is 0 Å². The molecule has 21 heavy (non-hydrogen) atoms. The summed E-state index contributed by atoms with van der Waals surface area (Å²) in [5.41, 5.74) is -0.303. The molecule has 1 saturated heterocycles. The Bertz CT molecular complexity index is 587. The largest absolute Gasteiger partial charge is 0.435 e. The number of anilines is 1. The number of nitrogens with one attached hydrogen (secondary N) is 1. The Morgan fingerprint density at radius 3 is 2.38 bits per heavy atom. The van der Waals surface area contributed by atoms with Crippen molar-refractivity contribution in [1.82, 2.24) is 20.2 Å². The van der Waals surface area contributed by atoms with Crippen molar-refractivity contribution in [2.45, 2.75) is 24.9 Å². The first-order valence-corrected chi connectivity index (χ1v) is 6.68. The van der Waals surface area contributed by atoms with E-state index < -0.39 is 11.9 Å². The normalized spacial score (nSPS) is 17.2. The Morgan fingerprint density at radius 2 is 1.81 bits per heavy atom. The van der Waals surface area contributed by atoms with Crippen LogP contribution in [0, 0.1) is 0 Å². The number of aromatic nitrogens is 4. The zero-order chi connectivity index (χ0) is 14.9. The fourth-order valence-electron chi connectivity index (χ4n) is 2.54. The highest BCUT2D eigenvalue weighted by Crippen LogP contribution is 2.32. The highest BCUT2D eigenvalue weighted by molar-refractivity contribution is 5.30. The molecule has 3 heterocycles. The van der Waals surface area contributed by atoms with Crippen molar-refractivity contribution in [3.63, 3.8) is 0 Å². The molecule has 112 valence electrons. The Labute approximate surface area is 119 Å². The van der Waals surface area contributed by atoms with Crippen molar-refractivity contribution < 1.29 is 13.2 Å². The molecule has 1 N–H and O–H groups in total. The summed E-state index contributed by atoms with van der Waals surface area (Å²) < 4.78 is 37.6. The smallest absolute Gasteiger partial charge is 0.341 e. The van der Waals surface area contributed by atoms with Crippen LogP contribution in [0.3, 0.4) is 0 Å². The SMILES string of the molecule is FC(F)(F)c1cc(C2CCN(c3ncccn3)CC2)[nH]n1. The molecule has 0 spiro atoms. The third-order valence-electron chi connectivity index (χ3n) is 3.66. The standard InChI is InChI=1S/C13H14F3N5/c14-13(15,16)11-8-10(19-20-11)9-2-6-21(7-3-9)12-17-4-1-5-18-12/h1,4-5,8-9H,2-3,6-7H2,(H,19,20). The number of alkyl halides is 3. The van der Waals surface area contributed by atoms with Crippen molar-refractivity contribution >= 4 is 5.95 Å². The van der Waals surface area contributed by atoms with Gasteiger partial charge in [-0.25, -0.2) is 9.97 Å². The van der Waals surface area contributed by atoms with Gasteiger partial charge in [0.05, 0.1) is 0 Å². The molecule has 0 aromatic carbocycles. The first-order valence-electron chi connectivity index (χ1n) is 6.68. The zero-order valence-electron chi connectivity index (χ0n) is 11.1. The van der Waals surface area contributed by atoms with Gasteiger partial charge < -0.3 is 4.90 Å². The van der Waals surface area contributed by atoms with E-state index in [2.05, 4.69) is 20.2 Å². The van der Waals surface area contributed by atoms with E-state index in [0.29, 0.717) is 11.6 Å². The fraction of sp³-hybridized carbons (Fsp3) is 0.462. The quantitative estimate of drug-likeness (QED) is 0.925. The molecule has 1 fully saturated rings. The lowest BCUT2D eigenvalue weighted by molar-refractivity contribution is -0.141. The van der Waals surface area contributed by atoms with E-state index in [9.17, 15) is 13.2 Å². The number of H-pyrrole nitrogens is 1. The molecule has 0 amide bonds. The van der Waals surface area contributed by atoms with E-state index in [0.717, 1.165) is 32.0 Å². The maximum absolute atomic E-state index is 12.5. The molecule has 0 atom stereocenters. The van der Waals surface area contributed by atoms with Crippen LogP contribution in [0.1, 0.15) is 30.1 Å². The second-order valence-corrected chi connectivity index (χ2v) is 5.02. The van der Waals surface area contributed by atoms with Crippen molar-refractivity contribution in [3.8, 4) is 0 Å². The molecule has 0 unspecified atom stereocenters. The van der Waals surface area contributed by atoms with Gasteiger partial charge in [0.2, 0.25) is 5.95 Å². The van der Waals surface area contributed by atoms with Crippen molar-refractivity contribution in [2.24, 2.45) is 0 Å². The lowest BCUT2D eigenvalue weighted by Gasteiger charge is -2.31. The first-order chi connectivity index (χ1) is 10.0. The number of hydrogen-bond donors (Lipinski definition) is 1. The lowest BCUT2D eigenvalue weighted by atomic mass is 9.93. The zero-order valence-corrected chi connectivity index (χ0v) is 11.1. The highest BCUT2D eigenvalue weighted by Gasteiger charge is 2.35. The number of aromatic amines is 1. The number of halogens is 3. The molecule has 2 aromatic rings. The monoisotopic (exact) mass is 297 g/mol. The maximum Gasteiger partial charge on any atom is 0.435 e. The number of hydrogen-bond acceptors (Lipinski definition) is 4. The third kappa shape index (κ3) is 2.98. The number of rotatable bonds is 2. The average molecular weight is 297 g/mol. The Balaban J connectivity index is 1.65. The topological polar surface area (TPSA) is 57.7 Å². The van der Waals surface area contributed by atoms with Crippen LogP contribution in [0.4, 0.5) is 19.1 Å². The molecule has 5 nitrogen and oxygen atoms in total. The van der Waals surface area contributed by atoms with Crippen LogP contribution in [0.2, 0.25) is 0 Å². The van der Waals surface area contributed by atoms with Crippen LogP contribution in [-0.4, -0.2) is 33.3 Å². The van der Waals surface area contributed by atoms with Gasteiger partial charge in [0.1, 0.15) is 0 Å². The molecular weight excluding hydrogens is 283 g/mol. The van der Waals surface area contributed by atoms with Gasteiger partial charge in [-0.3, -0.25) is 5.10 Å². The first kappa shape index (κ1) is 13.8. The van der Waals surface area contributed by atoms with Crippen molar-refractivity contribution in [2.75, 3.05) is 18.0 Å². The molecule has 2 aromatic heterocycles. The average Bonchev–Trinajstić information content (AvgIpc) is 2.98. The van der Waals surface area contributed by atoms with Gasteiger partial charge in [0.25, 0.3) is 0 Å². The minimum Gasteiger partial charge on any atom is -0.341 e. The molecule has 1 aliphatic rings. The molecule has 0 radical (unpaired) electrons.